The minimum atomic E-state index is 0. The number of aliphatic hydroxyl groups is 1. The molecule has 0 amide bonds. The zero-order valence-electron chi connectivity index (χ0n) is 33.3. The van der Waals surface area contributed by atoms with Crippen molar-refractivity contribution in [2.75, 3.05) is 0 Å². The number of thiophene rings is 1. The van der Waals surface area contributed by atoms with Gasteiger partial charge in [-0.15, -0.1) is 34.4 Å². The van der Waals surface area contributed by atoms with Gasteiger partial charge >= 0.3 is 0 Å². The van der Waals surface area contributed by atoms with Gasteiger partial charge in [0.05, 0.1) is 17.6 Å². The van der Waals surface area contributed by atoms with Gasteiger partial charge in [0.1, 0.15) is 0 Å². The number of carbonyl (C=O) groups is 1. The molecule has 1 saturated carbocycles. The number of allylic oxidation sites excluding steroid dienone is 2. The predicted octanol–water partition coefficient (Wildman–Crippen LogP) is 14.0. The second kappa shape index (κ2) is 19.0. The Labute approximate surface area is 337 Å². The average molecular weight is 909 g/mol. The zero-order chi connectivity index (χ0) is 37.6. The Balaban J connectivity index is 0.000000335. The monoisotopic (exact) mass is 909 g/mol. The Bertz CT molecular complexity index is 2020. The van der Waals surface area contributed by atoms with Crippen LogP contribution in [0.4, 0.5) is 0 Å². The molecule has 0 aliphatic heterocycles. The molecule has 1 fully saturated rings. The fourth-order valence-electron chi connectivity index (χ4n) is 8.37. The standard InChI is InChI=1S/C35H38NS.C13H24O2.Ir/c1-6-35(4,7-2)31-22-30(23(3)26-15-11-12-16-27(26)31)33-34-29(19-20-36(33)5)28-18-17-25(21-32(28)37-34)24-13-9-8-10-14-24;1-5-10(6-2)12(14)9-13(15)11(7-3)8-4;/h11-12,15-22,24H,3,5-10,13-14H2,1-2,4H3;9-11,14H,5-8H2,1-4H3;/q-1;;/b;12-9-;. The number of carbonyl (C=O) groups excluding carboxylic acids is 1. The third kappa shape index (κ3) is 8.90. The molecule has 1 radical (unpaired) electrons. The number of pyridine rings is 1. The van der Waals surface area contributed by atoms with Gasteiger partial charge in [-0.05, 0) is 91.2 Å². The van der Waals surface area contributed by atoms with Crippen molar-refractivity contribution in [1.82, 2.24) is 0 Å². The molecule has 53 heavy (non-hydrogen) atoms. The molecule has 0 unspecified atom stereocenters. The first-order valence-corrected chi connectivity index (χ1v) is 20.9. The van der Waals surface area contributed by atoms with Crippen molar-refractivity contribution in [1.29, 1.82) is 0 Å². The van der Waals surface area contributed by atoms with Gasteiger partial charge in [0.2, 0.25) is 0 Å². The van der Waals surface area contributed by atoms with Gasteiger partial charge in [0.15, 0.2) is 5.78 Å². The summed E-state index contributed by atoms with van der Waals surface area (Å²) >= 11 is 1.93. The smallest absolute Gasteiger partial charge is 0.162 e. The van der Waals surface area contributed by atoms with Crippen LogP contribution in [-0.2, 0) is 30.3 Å². The molecule has 0 bridgehead atoms. The van der Waals surface area contributed by atoms with Crippen LogP contribution in [0, 0.1) is 25.8 Å². The molecule has 6 rings (SSSR count). The molecule has 0 spiro atoms. The fraction of sp³-hybridized carbons (Fsp3) is 0.458. The van der Waals surface area contributed by atoms with Crippen molar-refractivity contribution >= 4 is 48.1 Å². The second-order valence-electron chi connectivity index (χ2n) is 15.3. The summed E-state index contributed by atoms with van der Waals surface area (Å²) in [6, 6.07) is 20.8. The summed E-state index contributed by atoms with van der Waals surface area (Å²) < 4.78 is 4.77. The molecule has 287 valence electrons. The maximum atomic E-state index is 11.7. The number of hydrogen-bond donors (Lipinski definition) is 1. The van der Waals surface area contributed by atoms with Crippen LogP contribution < -0.4 is 4.57 Å². The first kappa shape index (κ1) is 42.6. The van der Waals surface area contributed by atoms with Crippen LogP contribution in [0.3, 0.4) is 0 Å². The van der Waals surface area contributed by atoms with Crippen molar-refractivity contribution in [2.45, 2.75) is 130 Å². The molecule has 2 aromatic heterocycles. The molecule has 2 heterocycles. The van der Waals surface area contributed by atoms with Gasteiger partial charge in [-0.1, -0.05) is 109 Å². The van der Waals surface area contributed by atoms with Crippen molar-refractivity contribution in [2.24, 2.45) is 11.8 Å². The van der Waals surface area contributed by atoms with Gasteiger partial charge in [0, 0.05) is 54.5 Å². The SMILES string of the molecule is CCC(CC)C(=O)/C=C(\O)C(CC)CC.[CH2-]c1c(-c2c3sc4cc(C5CCCCC5)ccc4c3cc[n+]2[CH2-])cc(C(C)(CC)CC)c2ccccc12.[Ir]. The molecule has 1 aliphatic carbocycles. The van der Waals surface area contributed by atoms with E-state index in [2.05, 4.69) is 100 Å². The number of nitrogens with zero attached hydrogens (tertiary/aromatic N) is 1. The first-order valence-electron chi connectivity index (χ1n) is 20.1. The van der Waals surface area contributed by atoms with Crippen molar-refractivity contribution < 1.29 is 34.6 Å². The van der Waals surface area contributed by atoms with E-state index in [-0.39, 0.29) is 48.9 Å². The Morgan fingerprint density at radius 2 is 1.49 bits per heavy atom. The molecule has 0 saturated heterocycles. The number of ketones is 1. The normalized spacial score (nSPS) is 14.2. The summed E-state index contributed by atoms with van der Waals surface area (Å²) in [5.41, 5.74) is 6.55. The molecule has 1 N–H and O–H groups in total. The topological polar surface area (TPSA) is 41.2 Å². The Morgan fingerprint density at radius 3 is 2.09 bits per heavy atom. The quantitative estimate of drug-likeness (QED) is 0.0586. The maximum Gasteiger partial charge on any atom is 0.162 e. The van der Waals surface area contributed by atoms with Crippen molar-refractivity contribution in [3.63, 3.8) is 0 Å². The number of rotatable bonds is 12. The van der Waals surface area contributed by atoms with E-state index in [4.69, 9.17) is 0 Å². The van der Waals surface area contributed by atoms with Crippen LogP contribution in [0.5, 0.6) is 0 Å². The third-order valence-electron chi connectivity index (χ3n) is 12.5. The Hall–Kier alpha value is -3.11. The summed E-state index contributed by atoms with van der Waals surface area (Å²) in [5, 5.41) is 15.0. The summed E-state index contributed by atoms with van der Waals surface area (Å²) in [5.74, 6) is 1.27. The summed E-state index contributed by atoms with van der Waals surface area (Å²) in [6.45, 7) is 19.7. The van der Waals surface area contributed by atoms with E-state index in [1.807, 2.05) is 39.0 Å². The Kier molecular flexibility index (Phi) is 15.3. The minimum absolute atomic E-state index is 0. The minimum Gasteiger partial charge on any atom is -0.512 e. The van der Waals surface area contributed by atoms with E-state index in [1.54, 1.807) is 0 Å². The van der Waals surface area contributed by atoms with E-state index in [1.165, 1.54) is 91.5 Å². The Morgan fingerprint density at radius 1 is 0.868 bits per heavy atom. The maximum absolute atomic E-state index is 11.7. The molecule has 5 heteroatoms. The number of aliphatic hydroxyl groups excluding tert-OH is 1. The van der Waals surface area contributed by atoms with Crippen LogP contribution >= 0.6 is 11.3 Å². The van der Waals surface area contributed by atoms with E-state index in [0.717, 1.165) is 50.0 Å². The first-order chi connectivity index (χ1) is 25.0. The summed E-state index contributed by atoms with van der Waals surface area (Å²) in [4.78, 5) is 11.7. The van der Waals surface area contributed by atoms with Gasteiger partial charge < -0.3 is 9.67 Å². The number of hydrogen-bond acceptors (Lipinski definition) is 3. The second-order valence-corrected chi connectivity index (χ2v) is 16.4. The average Bonchev–Trinajstić information content (AvgIpc) is 3.54. The van der Waals surface area contributed by atoms with E-state index in [9.17, 15) is 9.90 Å². The third-order valence-corrected chi connectivity index (χ3v) is 13.6. The molecule has 1 aliphatic rings. The van der Waals surface area contributed by atoms with Gasteiger partial charge in [0.25, 0.3) is 0 Å². The van der Waals surface area contributed by atoms with Gasteiger partial charge in [-0.2, -0.15) is 12.5 Å². The fourth-order valence-corrected chi connectivity index (χ4v) is 9.68. The largest absolute Gasteiger partial charge is 0.512 e. The molecular weight excluding hydrogens is 847 g/mol. The molecule has 5 aromatic rings. The number of fused-ring (bicyclic) bond motifs is 4. The van der Waals surface area contributed by atoms with Crippen LogP contribution in [0.2, 0.25) is 0 Å². The van der Waals surface area contributed by atoms with E-state index >= 15 is 0 Å². The van der Waals surface area contributed by atoms with Crippen LogP contribution in [-0.4, -0.2) is 10.9 Å². The zero-order valence-corrected chi connectivity index (χ0v) is 36.5. The number of aromatic nitrogens is 1. The molecule has 0 atom stereocenters. The molecular formula is C48H62IrNO2S-. The van der Waals surface area contributed by atoms with Crippen LogP contribution in [0.15, 0.2) is 72.6 Å². The van der Waals surface area contributed by atoms with E-state index < -0.39 is 0 Å². The van der Waals surface area contributed by atoms with Crippen LogP contribution in [0.25, 0.3) is 42.2 Å². The van der Waals surface area contributed by atoms with Crippen molar-refractivity contribution in [3.8, 4) is 11.3 Å². The van der Waals surface area contributed by atoms with Gasteiger partial charge in [-0.3, -0.25) is 4.79 Å². The van der Waals surface area contributed by atoms with Crippen LogP contribution in [0.1, 0.15) is 142 Å². The summed E-state index contributed by atoms with van der Waals surface area (Å²) in [6.07, 6.45) is 16.0. The number of benzene rings is 3. The van der Waals surface area contributed by atoms with E-state index in [0.29, 0.717) is 0 Å². The van der Waals surface area contributed by atoms with Gasteiger partial charge in [-0.25, -0.2) is 0 Å². The van der Waals surface area contributed by atoms with Crippen molar-refractivity contribution in [3.05, 3.63) is 103 Å². The molecule has 3 aromatic carbocycles. The molecule has 3 nitrogen and oxygen atoms in total. The predicted molar refractivity (Wildman–Crippen MR) is 225 cm³/mol. The summed E-state index contributed by atoms with van der Waals surface area (Å²) in [7, 11) is 4.46.